The molecule has 0 aliphatic carbocycles. The predicted octanol–water partition coefficient (Wildman–Crippen LogP) is 1.68. The van der Waals surface area contributed by atoms with Crippen molar-refractivity contribution in [2.24, 2.45) is 0 Å². The molecular weight excluding hydrogens is 238 g/mol. The number of hydrogen-bond acceptors (Lipinski definition) is 3. The fourth-order valence-electron chi connectivity index (χ4n) is 1.23. The van der Waals surface area contributed by atoms with Crippen molar-refractivity contribution in [2.45, 2.75) is 24.8 Å². The van der Waals surface area contributed by atoms with E-state index in [4.69, 9.17) is 5.11 Å². The minimum Gasteiger partial charge on any atom is -0.480 e. The SMILES string of the molecule is CC(=O)N[C@H](CSc1ccc(C)cc1)C(=O)O. The number of benzene rings is 1. The van der Waals surface area contributed by atoms with Crippen molar-refractivity contribution in [1.29, 1.82) is 0 Å². The summed E-state index contributed by atoms with van der Waals surface area (Å²) in [6.07, 6.45) is 0. The molecule has 0 aromatic heterocycles. The van der Waals surface area contributed by atoms with Gasteiger partial charge in [0, 0.05) is 17.6 Å². The van der Waals surface area contributed by atoms with E-state index in [2.05, 4.69) is 5.32 Å². The molecule has 1 atom stereocenters. The van der Waals surface area contributed by atoms with Crippen LogP contribution in [0.1, 0.15) is 12.5 Å². The molecule has 2 N–H and O–H groups in total. The van der Waals surface area contributed by atoms with Gasteiger partial charge in [-0.15, -0.1) is 11.8 Å². The van der Waals surface area contributed by atoms with Crippen molar-refractivity contribution in [3.63, 3.8) is 0 Å². The standard InChI is InChI=1S/C12H15NO3S/c1-8-3-5-10(6-4-8)17-7-11(12(15)16)13-9(2)14/h3-6,11H,7H2,1-2H3,(H,13,14)(H,15,16)/t11-/m1/s1. The summed E-state index contributed by atoms with van der Waals surface area (Å²) in [6, 6.07) is 6.96. The number of aryl methyl sites for hydroxylation is 1. The lowest BCUT2D eigenvalue weighted by Crippen LogP contribution is -2.41. The number of hydrogen-bond donors (Lipinski definition) is 2. The third-order valence-electron chi connectivity index (χ3n) is 2.11. The lowest BCUT2D eigenvalue weighted by Gasteiger charge is -2.12. The lowest BCUT2D eigenvalue weighted by molar-refractivity contribution is -0.140. The molecule has 1 aromatic carbocycles. The van der Waals surface area contributed by atoms with E-state index < -0.39 is 12.0 Å². The van der Waals surface area contributed by atoms with E-state index in [1.165, 1.54) is 18.7 Å². The van der Waals surface area contributed by atoms with Crippen LogP contribution in [-0.4, -0.2) is 28.8 Å². The highest BCUT2D eigenvalue weighted by atomic mass is 32.2. The lowest BCUT2D eigenvalue weighted by atomic mass is 10.2. The molecule has 0 aliphatic heterocycles. The average Bonchev–Trinajstić information content (AvgIpc) is 2.25. The predicted molar refractivity (Wildman–Crippen MR) is 67.1 cm³/mol. The molecule has 0 bridgehead atoms. The van der Waals surface area contributed by atoms with Crippen molar-refractivity contribution in [1.82, 2.24) is 5.32 Å². The molecule has 17 heavy (non-hydrogen) atoms. The Morgan fingerprint density at radius 1 is 1.35 bits per heavy atom. The summed E-state index contributed by atoms with van der Waals surface area (Å²) < 4.78 is 0. The Hall–Kier alpha value is -1.49. The van der Waals surface area contributed by atoms with Gasteiger partial charge in [0.05, 0.1) is 0 Å². The zero-order chi connectivity index (χ0) is 12.8. The molecule has 0 saturated heterocycles. The first-order valence-electron chi connectivity index (χ1n) is 5.18. The summed E-state index contributed by atoms with van der Waals surface area (Å²) >= 11 is 1.41. The second-order valence-electron chi connectivity index (χ2n) is 3.72. The zero-order valence-electron chi connectivity index (χ0n) is 9.77. The van der Waals surface area contributed by atoms with Crippen molar-refractivity contribution in [3.8, 4) is 0 Å². The molecule has 5 heteroatoms. The van der Waals surface area contributed by atoms with Crippen LogP contribution in [0.15, 0.2) is 29.2 Å². The van der Waals surface area contributed by atoms with Crippen LogP contribution in [0.4, 0.5) is 0 Å². The highest BCUT2D eigenvalue weighted by Crippen LogP contribution is 2.19. The van der Waals surface area contributed by atoms with Crippen molar-refractivity contribution in [2.75, 3.05) is 5.75 Å². The Morgan fingerprint density at radius 3 is 2.41 bits per heavy atom. The minimum atomic E-state index is -1.01. The maximum Gasteiger partial charge on any atom is 0.327 e. The van der Waals surface area contributed by atoms with E-state index in [1.54, 1.807) is 0 Å². The van der Waals surface area contributed by atoms with Gasteiger partial charge in [-0.25, -0.2) is 4.79 Å². The fraction of sp³-hybridized carbons (Fsp3) is 0.333. The van der Waals surface area contributed by atoms with Crippen LogP contribution in [0, 0.1) is 6.92 Å². The molecule has 0 spiro atoms. The van der Waals surface area contributed by atoms with Crippen LogP contribution in [0.25, 0.3) is 0 Å². The molecule has 1 amide bonds. The Labute approximate surface area is 104 Å². The molecule has 4 nitrogen and oxygen atoms in total. The Morgan fingerprint density at radius 2 is 1.94 bits per heavy atom. The zero-order valence-corrected chi connectivity index (χ0v) is 10.6. The van der Waals surface area contributed by atoms with Crippen LogP contribution in [0.5, 0.6) is 0 Å². The maximum atomic E-state index is 10.9. The normalized spacial score (nSPS) is 11.9. The van der Waals surface area contributed by atoms with Gasteiger partial charge in [0.1, 0.15) is 6.04 Å². The van der Waals surface area contributed by atoms with E-state index in [0.29, 0.717) is 5.75 Å². The molecule has 1 aromatic rings. The summed E-state index contributed by atoms with van der Waals surface area (Å²) in [6.45, 7) is 3.30. The van der Waals surface area contributed by atoms with Crippen LogP contribution < -0.4 is 5.32 Å². The van der Waals surface area contributed by atoms with Gasteiger partial charge >= 0.3 is 5.97 Å². The Bertz CT molecular complexity index is 403. The molecule has 0 heterocycles. The van der Waals surface area contributed by atoms with Crippen molar-refractivity contribution < 1.29 is 14.7 Å². The largest absolute Gasteiger partial charge is 0.480 e. The second-order valence-corrected chi connectivity index (χ2v) is 4.81. The molecule has 0 saturated carbocycles. The number of amides is 1. The fourth-order valence-corrected chi connectivity index (χ4v) is 2.15. The van der Waals surface area contributed by atoms with E-state index in [9.17, 15) is 9.59 Å². The molecular formula is C12H15NO3S. The van der Waals surface area contributed by atoms with Gasteiger partial charge in [-0.1, -0.05) is 17.7 Å². The van der Waals surface area contributed by atoms with Crippen LogP contribution in [-0.2, 0) is 9.59 Å². The third kappa shape index (κ3) is 4.91. The van der Waals surface area contributed by atoms with Gasteiger partial charge in [0.25, 0.3) is 0 Å². The van der Waals surface area contributed by atoms with Gasteiger partial charge in [0.2, 0.25) is 5.91 Å². The number of thioether (sulfide) groups is 1. The van der Waals surface area contributed by atoms with E-state index in [0.717, 1.165) is 10.5 Å². The number of aliphatic carboxylic acids is 1. The van der Waals surface area contributed by atoms with Crippen LogP contribution in [0.3, 0.4) is 0 Å². The first-order valence-corrected chi connectivity index (χ1v) is 6.17. The summed E-state index contributed by atoms with van der Waals surface area (Å²) in [5, 5.41) is 11.3. The minimum absolute atomic E-state index is 0.317. The Kier molecular flexibility index (Phi) is 5.03. The smallest absolute Gasteiger partial charge is 0.327 e. The molecule has 0 radical (unpaired) electrons. The average molecular weight is 253 g/mol. The number of carbonyl (C=O) groups excluding carboxylic acids is 1. The Balaban J connectivity index is 2.54. The second kappa shape index (κ2) is 6.30. The van der Waals surface area contributed by atoms with E-state index in [-0.39, 0.29) is 5.91 Å². The number of rotatable bonds is 5. The summed E-state index contributed by atoms with van der Waals surface area (Å²) in [7, 11) is 0. The monoisotopic (exact) mass is 253 g/mol. The topological polar surface area (TPSA) is 66.4 Å². The molecule has 1 rings (SSSR count). The van der Waals surface area contributed by atoms with Gasteiger partial charge in [0.15, 0.2) is 0 Å². The summed E-state index contributed by atoms with van der Waals surface area (Å²) in [5.74, 6) is -1.03. The highest BCUT2D eigenvalue weighted by Gasteiger charge is 2.18. The first-order chi connectivity index (χ1) is 7.99. The summed E-state index contributed by atoms with van der Waals surface area (Å²) in [4.78, 5) is 22.7. The number of carboxylic acids is 1. The summed E-state index contributed by atoms with van der Waals surface area (Å²) in [5.41, 5.74) is 1.16. The van der Waals surface area contributed by atoms with Gasteiger partial charge in [-0.2, -0.15) is 0 Å². The molecule has 0 aliphatic rings. The van der Waals surface area contributed by atoms with Crippen LogP contribution in [0.2, 0.25) is 0 Å². The molecule has 0 unspecified atom stereocenters. The molecule has 92 valence electrons. The highest BCUT2D eigenvalue weighted by molar-refractivity contribution is 7.99. The molecule has 0 fully saturated rings. The van der Waals surface area contributed by atoms with Gasteiger partial charge in [-0.05, 0) is 19.1 Å². The van der Waals surface area contributed by atoms with Gasteiger partial charge in [-0.3, -0.25) is 4.79 Å². The maximum absolute atomic E-state index is 10.9. The number of carboxylic acid groups (broad SMARTS) is 1. The van der Waals surface area contributed by atoms with E-state index in [1.807, 2.05) is 31.2 Å². The van der Waals surface area contributed by atoms with Crippen LogP contribution >= 0.6 is 11.8 Å². The first kappa shape index (κ1) is 13.6. The van der Waals surface area contributed by atoms with E-state index >= 15 is 0 Å². The van der Waals surface area contributed by atoms with Gasteiger partial charge < -0.3 is 10.4 Å². The number of nitrogens with one attached hydrogen (secondary N) is 1. The number of carbonyl (C=O) groups is 2. The van der Waals surface area contributed by atoms with Crippen molar-refractivity contribution in [3.05, 3.63) is 29.8 Å². The van der Waals surface area contributed by atoms with Crippen molar-refractivity contribution >= 4 is 23.6 Å². The third-order valence-corrected chi connectivity index (χ3v) is 3.22. The quantitative estimate of drug-likeness (QED) is 0.783.